The molecule has 0 aliphatic carbocycles. The van der Waals surface area contributed by atoms with E-state index in [0.717, 1.165) is 19.8 Å². The summed E-state index contributed by atoms with van der Waals surface area (Å²) in [5.41, 5.74) is 5.65. The second kappa shape index (κ2) is 5.85. The predicted octanol–water partition coefficient (Wildman–Crippen LogP) is 3.30. The van der Waals surface area contributed by atoms with Gasteiger partial charge >= 0.3 is 0 Å². The highest BCUT2D eigenvalue weighted by Gasteiger charge is 2.28. The average molecular weight is 247 g/mol. The summed E-state index contributed by atoms with van der Waals surface area (Å²) in [6, 6.07) is 5.03. The summed E-state index contributed by atoms with van der Waals surface area (Å²) in [5.74, 6) is 0.616. The molecule has 1 heterocycles. The lowest BCUT2D eigenvalue weighted by Gasteiger charge is -2.27. The topological polar surface area (TPSA) is 21.3 Å². The predicted molar refractivity (Wildman–Crippen MR) is 76.0 cm³/mol. The van der Waals surface area contributed by atoms with E-state index in [-0.39, 0.29) is 0 Å². The molecule has 0 radical (unpaired) electrons. The lowest BCUT2D eigenvalue weighted by atomic mass is 9.86. The van der Waals surface area contributed by atoms with E-state index >= 15 is 0 Å². The molecule has 1 aliphatic heterocycles. The Kier molecular flexibility index (Phi) is 4.41. The van der Waals surface area contributed by atoms with Crippen LogP contribution in [0.15, 0.2) is 12.1 Å². The van der Waals surface area contributed by atoms with Gasteiger partial charge in [0.05, 0.1) is 6.61 Å². The van der Waals surface area contributed by atoms with Gasteiger partial charge in [-0.2, -0.15) is 0 Å². The third-order valence-corrected chi connectivity index (χ3v) is 3.91. The maximum absolute atomic E-state index is 5.57. The van der Waals surface area contributed by atoms with Crippen molar-refractivity contribution >= 4 is 0 Å². The van der Waals surface area contributed by atoms with E-state index in [2.05, 4.69) is 45.1 Å². The normalized spacial score (nSPS) is 21.2. The van der Waals surface area contributed by atoms with Gasteiger partial charge < -0.3 is 10.1 Å². The molecule has 0 amide bonds. The van der Waals surface area contributed by atoms with Crippen LogP contribution in [0.25, 0.3) is 0 Å². The van der Waals surface area contributed by atoms with Gasteiger partial charge in [-0.25, -0.2) is 0 Å². The molecule has 18 heavy (non-hydrogen) atoms. The van der Waals surface area contributed by atoms with Crippen LogP contribution < -0.4 is 5.32 Å². The zero-order chi connectivity index (χ0) is 13.1. The Morgan fingerprint density at radius 2 is 1.94 bits per heavy atom. The van der Waals surface area contributed by atoms with Gasteiger partial charge in [-0.15, -0.1) is 0 Å². The minimum atomic E-state index is 0.443. The molecule has 1 N–H and O–H groups in total. The standard InChI is InChI=1S/C16H25NO/c1-5-17-16(14-6-7-18-10-14)15-12(3)8-11(2)9-13(15)4/h8-9,14,16-17H,5-7,10H2,1-4H3. The molecule has 1 aromatic rings. The highest BCUT2D eigenvalue weighted by molar-refractivity contribution is 5.40. The summed E-state index contributed by atoms with van der Waals surface area (Å²) in [5, 5.41) is 3.66. The average Bonchev–Trinajstić information content (AvgIpc) is 2.79. The molecule has 2 unspecified atom stereocenters. The number of benzene rings is 1. The first kappa shape index (κ1) is 13.6. The summed E-state index contributed by atoms with van der Waals surface area (Å²) >= 11 is 0. The van der Waals surface area contributed by atoms with Gasteiger partial charge in [0.2, 0.25) is 0 Å². The van der Waals surface area contributed by atoms with E-state index in [9.17, 15) is 0 Å². The monoisotopic (exact) mass is 247 g/mol. The van der Waals surface area contributed by atoms with Crippen molar-refractivity contribution in [2.75, 3.05) is 19.8 Å². The van der Waals surface area contributed by atoms with Crippen LogP contribution in [0.5, 0.6) is 0 Å². The fourth-order valence-electron chi connectivity index (χ4n) is 3.22. The van der Waals surface area contributed by atoms with Crippen LogP contribution in [0, 0.1) is 26.7 Å². The van der Waals surface area contributed by atoms with E-state index in [4.69, 9.17) is 4.74 Å². The Bertz CT molecular complexity index is 385. The minimum Gasteiger partial charge on any atom is -0.381 e. The van der Waals surface area contributed by atoms with E-state index in [0.29, 0.717) is 12.0 Å². The van der Waals surface area contributed by atoms with Crippen molar-refractivity contribution in [2.24, 2.45) is 5.92 Å². The summed E-state index contributed by atoms with van der Waals surface area (Å²) in [6.07, 6.45) is 1.17. The number of ether oxygens (including phenoxy) is 1. The third-order valence-electron chi connectivity index (χ3n) is 3.91. The maximum Gasteiger partial charge on any atom is 0.0513 e. The molecule has 2 heteroatoms. The van der Waals surface area contributed by atoms with Crippen LogP contribution >= 0.6 is 0 Å². The van der Waals surface area contributed by atoms with Crippen LogP contribution in [0.2, 0.25) is 0 Å². The number of hydrogen-bond acceptors (Lipinski definition) is 2. The van der Waals surface area contributed by atoms with Crippen LogP contribution in [-0.2, 0) is 4.74 Å². The molecule has 0 saturated carbocycles. The zero-order valence-electron chi connectivity index (χ0n) is 12.0. The Labute approximate surface area is 111 Å². The van der Waals surface area contributed by atoms with Crippen molar-refractivity contribution in [3.05, 3.63) is 34.4 Å². The highest BCUT2D eigenvalue weighted by atomic mass is 16.5. The Morgan fingerprint density at radius 1 is 1.28 bits per heavy atom. The van der Waals surface area contributed by atoms with Crippen molar-refractivity contribution in [1.82, 2.24) is 5.32 Å². The Hall–Kier alpha value is -0.860. The summed E-state index contributed by atoms with van der Waals surface area (Å²) < 4.78 is 5.57. The van der Waals surface area contributed by atoms with Crippen molar-refractivity contribution < 1.29 is 4.74 Å². The molecular formula is C16H25NO. The molecule has 100 valence electrons. The van der Waals surface area contributed by atoms with Crippen molar-refractivity contribution in [3.8, 4) is 0 Å². The van der Waals surface area contributed by atoms with Crippen LogP contribution in [0.1, 0.15) is 41.6 Å². The summed E-state index contributed by atoms with van der Waals surface area (Å²) in [4.78, 5) is 0. The highest BCUT2D eigenvalue weighted by Crippen LogP contribution is 2.33. The molecule has 2 nitrogen and oxygen atoms in total. The molecular weight excluding hydrogens is 222 g/mol. The van der Waals surface area contributed by atoms with Crippen LogP contribution in [0.3, 0.4) is 0 Å². The van der Waals surface area contributed by atoms with Gasteiger partial charge in [-0.3, -0.25) is 0 Å². The maximum atomic E-state index is 5.57. The lowest BCUT2D eigenvalue weighted by molar-refractivity contribution is 0.177. The fourth-order valence-corrected chi connectivity index (χ4v) is 3.22. The van der Waals surface area contributed by atoms with Gasteiger partial charge in [0.15, 0.2) is 0 Å². The number of nitrogens with one attached hydrogen (secondary N) is 1. The van der Waals surface area contributed by atoms with E-state index in [1.54, 1.807) is 0 Å². The van der Waals surface area contributed by atoms with E-state index in [1.807, 2.05) is 0 Å². The first-order chi connectivity index (χ1) is 8.63. The van der Waals surface area contributed by atoms with Gasteiger partial charge in [0.1, 0.15) is 0 Å². The zero-order valence-corrected chi connectivity index (χ0v) is 12.0. The van der Waals surface area contributed by atoms with Crippen molar-refractivity contribution in [3.63, 3.8) is 0 Å². The molecule has 0 bridgehead atoms. The van der Waals surface area contributed by atoms with Crippen molar-refractivity contribution in [2.45, 2.75) is 40.2 Å². The van der Waals surface area contributed by atoms with Gasteiger partial charge in [-0.05, 0) is 50.4 Å². The number of hydrogen-bond donors (Lipinski definition) is 1. The van der Waals surface area contributed by atoms with Gasteiger partial charge in [0.25, 0.3) is 0 Å². The second-order valence-electron chi connectivity index (χ2n) is 5.47. The molecule has 2 rings (SSSR count). The van der Waals surface area contributed by atoms with Crippen molar-refractivity contribution in [1.29, 1.82) is 0 Å². The second-order valence-corrected chi connectivity index (χ2v) is 5.47. The number of aryl methyl sites for hydroxylation is 3. The molecule has 1 aromatic carbocycles. The summed E-state index contributed by atoms with van der Waals surface area (Å²) in [6.45, 7) is 11.6. The number of rotatable bonds is 4. The van der Waals surface area contributed by atoms with Crippen LogP contribution in [0.4, 0.5) is 0 Å². The van der Waals surface area contributed by atoms with E-state index < -0.39 is 0 Å². The van der Waals surface area contributed by atoms with E-state index in [1.165, 1.54) is 28.7 Å². The third kappa shape index (κ3) is 2.76. The molecule has 1 fully saturated rings. The molecule has 2 atom stereocenters. The SMILES string of the molecule is CCNC(c1c(C)cc(C)cc1C)C1CCOC1. The first-order valence-electron chi connectivity index (χ1n) is 7.02. The summed E-state index contributed by atoms with van der Waals surface area (Å²) in [7, 11) is 0. The largest absolute Gasteiger partial charge is 0.381 e. The lowest BCUT2D eigenvalue weighted by Crippen LogP contribution is -2.30. The fraction of sp³-hybridized carbons (Fsp3) is 0.625. The molecule has 1 aliphatic rings. The van der Waals surface area contributed by atoms with Gasteiger partial charge in [0, 0.05) is 18.6 Å². The Morgan fingerprint density at radius 3 is 2.44 bits per heavy atom. The smallest absolute Gasteiger partial charge is 0.0513 e. The first-order valence-corrected chi connectivity index (χ1v) is 7.02. The van der Waals surface area contributed by atoms with Gasteiger partial charge in [-0.1, -0.05) is 24.6 Å². The quantitative estimate of drug-likeness (QED) is 0.881. The van der Waals surface area contributed by atoms with Crippen LogP contribution in [-0.4, -0.2) is 19.8 Å². The molecule has 1 saturated heterocycles. The minimum absolute atomic E-state index is 0.443. The molecule has 0 spiro atoms. The Balaban J connectivity index is 2.35. The molecule has 0 aromatic heterocycles.